The lowest BCUT2D eigenvalue weighted by Crippen LogP contribution is -2.39. The van der Waals surface area contributed by atoms with Gasteiger partial charge in [0.15, 0.2) is 5.92 Å². The number of ether oxygens (including phenoxy) is 1. The fourth-order valence-electron chi connectivity index (χ4n) is 4.08. The van der Waals surface area contributed by atoms with E-state index in [0.717, 1.165) is 12.8 Å². The number of carbonyl (C=O) groups is 3. The fourth-order valence-corrected chi connectivity index (χ4v) is 4.08. The van der Waals surface area contributed by atoms with Crippen LogP contribution in [0.15, 0.2) is 30.3 Å². The number of aliphatic carboxylic acids is 2. The first-order valence-corrected chi connectivity index (χ1v) is 9.91. The average molecular weight is 390 g/mol. The zero-order valence-electron chi connectivity index (χ0n) is 16.7. The topological polar surface area (TPSA) is 101 Å². The van der Waals surface area contributed by atoms with E-state index < -0.39 is 29.7 Å². The number of hydrogen-bond donors (Lipinski definition) is 2. The molecule has 1 fully saturated rings. The predicted molar refractivity (Wildman–Crippen MR) is 104 cm³/mol. The molecular weight excluding hydrogens is 360 g/mol. The van der Waals surface area contributed by atoms with Gasteiger partial charge in [0.1, 0.15) is 6.10 Å². The number of hydrogen-bond acceptors (Lipinski definition) is 4. The Morgan fingerprint density at radius 3 is 2.25 bits per heavy atom. The van der Waals surface area contributed by atoms with Gasteiger partial charge in [-0.05, 0) is 42.6 Å². The number of carboxylic acid groups (broad SMARTS) is 2. The molecule has 6 nitrogen and oxygen atoms in total. The maximum Gasteiger partial charge on any atom is 0.320 e. The van der Waals surface area contributed by atoms with Crippen molar-refractivity contribution < 1.29 is 29.3 Å². The van der Waals surface area contributed by atoms with E-state index in [1.807, 2.05) is 0 Å². The quantitative estimate of drug-likeness (QED) is 0.515. The average Bonchev–Trinajstić information content (AvgIpc) is 2.62. The second kappa shape index (κ2) is 9.71. The summed E-state index contributed by atoms with van der Waals surface area (Å²) in [6.45, 7) is 6.25. The molecule has 1 saturated carbocycles. The van der Waals surface area contributed by atoms with Crippen molar-refractivity contribution in [3.63, 3.8) is 0 Å². The Bertz CT molecular complexity index is 684. The maximum atomic E-state index is 12.7. The number of carboxylic acids is 2. The van der Waals surface area contributed by atoms with Gasteiger partial charge < -0.3 is 14.9 Å². The normalized spacial score (nSPS) is 24.4. The Kier molecular flexibility index (Phi) is 7.61. The molecule has 1 aromatic rings. The van der Waals surface area contributed by atoms with Gasteiger partial charge in [0, 0.05) is 0 Å². The molecule has 28 heavy (non-hydrogen) atoms. The van der Waals surface area contributed by atoms with Crippen molar-refractivity contribution in [2.45, 2.75) is 58.5 Å². The predicted octanol–water partition coefficient (Wildman–Crippen LogP) is 3.95. The lowest BCUT2D eigenvalue weighted by Gasteiger charge is -2.37. The molecule has 1 aliphatic rings. The van der Waals surface area contributed by atoms with Gasteiger partial charge in [0.2, 0.25) is 0 Å². The highest BCUT2D eigenvalue weighted by molar-refractivity contribution is 5.95. The van der Waals surface area contributed by atoms with Crippen LogP contribution in [0.3, 0.4) is 0 Å². The number of benzene rings is 1. The Morgan fingerprint density at radius 1 is 1.07 bits per heavy atom. The van der Waals surface area contributed by atoms with E-state index in [4.69, 9.17) is 4.74 Å². The minimum absolute atomic E-state index is 0.194. The molecule has 0 amide bonds. The Labute approximate surface area is 165 Å². The molecule has 0 aliphatic heterocycles. The van der Waals surface area contributed by atoms with Crippen LogP contribution in [0.5, 0.6) is 0 Å². The first-order valence-electron chi connectivity index (χ1n) is 9.91. The number of esters is 1. The molecule has 0 bridgehead atoms. The van der Waals surface area contributed by atoms with Gasteiger partial charge in [-0.3, -0.25) is 14.4 Å². The van der Waals surface area contributed by atoms with E-state index >= 15 is 0 Å². The molecule has 1 aliphatic carbocycles. The van der Waals surface area contributed by atoms with Crippen molar-refractivity contribution in [2.24, 2.45) is 23.7 Å². The van der Waals surface area contributed by atoms with E-state index in [-0.39, 0.29) is 18.4 Å². The summed E-state index contributed by atoms with van der Waals surface area (Å²) in [4.78, 5) is 36.2. The Hall–Kier alpha value is -2.37. The third-order valence-electron chi connectivity index (χ3n) is 5.78. The van der Waals surface area contributed by atoms with Crippen LogP contribution < -0.4 is 0 Å². The van der Waals surface area contributed by atoms with Gasteiger partial charge in [0.25, 0.3) is 0 Å². The van der Waals surface area contributed by atoms with Crippen molar-refractivity contribution in [3.8, 4) is 0 Å². The monoisotopic (exact) mass is 390 g/mol. The molecule has 1 aromatic carbocycles. The SMILES string of the molecule is CC(C)[C@@H]1CC[C@@H](C)C[C@H]1OC(=O)C(CC(C(=O)O)c1ccccc1)C(=O)O. The zero-order valence-corrected chi connectivity index (χ0v) is 16.7. The van der Waals surface area contributed by atoms with E-state index in [9.17, 15) is 24.6 Å². The van der Waals surface area contributed by atoms with E-state index in [0.29, 0.717) is 23.8 Å². The summed E-state index contributed by atoms with van der Waals surface area (Å²) in [5.74, 6) is -5.00. The highest BCUT2D eigenvalue weighted by atomic mass is 16.5. The number of rotatable bonds is 8. The highest BCUT2D eigenvalue weighted by Crippen LogP contribution is 2.36. The van der Waals surface area contributed by atoms with E-state index in [1.54, 1.807) is 30.3 Å². The van der Waals surface area contributed by atoms with Crippen LogP contribution in [0.1, 0.15) is 57.9 Å². The van der Waals surface area contributed by atoms with Crippen molar-refractivity contribution in [3.05, 3.63) is 35.9 Å². The first-order chi connectivity index (χ1) is 13.2. The van der Waals surface area contributed by atoms with E-state index in [2.05, 4.69) is 20.8 Å². The van der Waals surface area contributed by atoms with Crippen LogP contribution in [0.25, 0.3) is 0 Å². The third-order valence-corrected chi connectivity index (χ3v) is 5.78. The summed E-state index contributed by atoms with van der Waals surface area (Å²) in [5.41, 5.74) is 0.473. The molecule has 6 heteroatoms. The van der Waals surface area contributed by atoms with Crippen LogP contribution in [0, 0.1) is 23.7 Å². The van der Waals surface area contributed by atoms with Gasteiger partial charge in [-0.15, -0.1) is 0 Å². The van der Waals surface area contributed by atoms with Crippen molar-refractivity contribution >= 4 is 17.9 Å². The van der Waals surface area contributed by atoms with Crippen molar-refractivity contribution in [1.82, 2.24) is 0 Å². The molecule has 154 valence electrons. The second-order valence-electron chi connectivity index (χ2n) is 8.23. The van der Waals surface area contributed by atoms with Crippen LogP contribution in [0.4, 0.5) is 0 Å². The van der Waals surface area contributed by atoms with Crippen LogP contribution >= 0.6 is 0 Å². The second-order valence-corrected chi connectivity index (χ2v) is 8.23. The van der Waals surface area contributed by atoms with E-state index in [1.165, 1.54) is 0 Å². The maximum absolute atomic E-state index is 12.7. The molecule has 0 heterocycles. The summed E-state index contributed by atoms with van der Waals surface area (Å²) in [7, 11) is 0. The van der Waals surface area contributed by atoms with Gasteiger partial charge in [-0.2, -0.15) is 0 Å². The Morgan fingerprint density at radius 2 is 1.71 bits per heavy atom. The number of carbonyl (C=O) groups excluding carboxylic acids is 1. The molecule has 0 saturated heterocycles. The molecule has 0 aromatic heterocycles. The largest absolute Gasteiger partial charge is 0.481 e. The van der Waals surface area contributed by atoms with Gasteiger partial charge in [-0.25, -0.2) is 0 Å². The standard InChI is InChI=1S/C22H30O6/c1-13(2)16-10-9-14(3)11-19(16)28-22(27)18(21(25)26)12-17(20(23)24)15-7-5-4-6-8-15/h4-8,13-14,16-19H,9-12H2,1-3H3,(H,23,24)(H,25,26)/t14-,16+,17?,18?,19-/m1/s1. The highest BCUT2D eigenvalue weighted by Gasteiger charge is 2.39. The van der Waals surface area contributed by atoms with Crippen molar-refractivity contribution in [1.29, 1.82) is 0 Å². The summed E-state index contributed by atoms with van der Waals surface area (Å²) < 4.78 is 5.66. The fraction of sp³-hybridized carbons (Fsp3) is 0.591. The van der Waals surface area contributed by atoms with Crippen LogP contribution in [0.2, 0.25) is 0 Å². The molecule has 2 unspecified atom stereocenters. The van der Waals surface area contributed by atoms with Gasteiger partial charge in [-0.1, -0.05) is 57.5 Å². The minimum atomic E-state index is -1.51. The summed E-state index contributed by atoms with van der Waals surface area (Å²) in [5, 5.41) is 19.1. The van der Waals surface area contributed by atoms with Crippen LogP contribution in [-0.2, 0) is 19.1 Å². The third kappa shape index (κ3) is 5.57. The van der Waals surface area contributed by atoms with Gasteiger partial charge >= 0.3 is 17.9 Å². The zero-order chi connectivity index (χ0) is 20.8. The molecule has 2 N–H and O–H groups in total. The smallest absolute Gasteiger partial charge is 0.320 e. The van der Waals surface area contributed by atoms with Crippen molar-refractivity contribution in [2.75, 3.05) is 0 Å². The first kappa shape index (κ1) is 21.9. The Balaban J connectivity index is 2.16. The summed E-state index contributed by atoms with van der Waals surface area (Å²) in [6.07, 6.45) is 2.06. The molecule has 5 atom stereocenters. The molecule has 2 rings (SSSR count). The van der Waals surface area contributed by atoms with Crippen LogP contribution in [-0.4, -0.2) is 34.2 Å². The molecule has 0 spiro atoms. The lowest BCUT2D eigenvalue weighted by atomic mass is 9.75. The lowest BCUT2D eigenvalue weighted by molar-refractivity contribution is -0.168. The van der Waals surface area contributed by atoms with Gasteiger partial charge in [0.05, 0.1) is 5.92 Å². The summed E-state index contributed by atoms with van der Waals surface area (Å²) >= 11 is 0. The minimum Gasteiger partial charge on any atom is -0.481 e. The molecule has 0 radical (unpaired) electrons. The summed E-state index contributed by atoms with van der Waals surface area (Å²) in [6, 6.07) is 8.38. The molecular formula is C22H30O6.